The first kappa shape index (κ1) is 14.0. The molecule has 0 amide bonds. The van der Waals surface area contributed by atoms with Crippen LogP contribution in [-0.2, 0) is 22.6 Å². The average molecular weight is 277 g/mol. The van der Waals surface area contributed by atoms with Crippen molar-refractivity contribution in [3.8, 4) is 0 Å². The number of nitrogen functional groups attached to an aromatic ring is 1. The molecule has 0 saturated heterocycles. The number of nitrogens with two attached hydrogens (primary N) is 1. The van der Waals surface area contributed by atoms with Crippen molar-refractivity contribution in [3.63, 3.8) is 0 Å². The molecule has 5 heteroatoms. The van der Waals surface area contributed by atoms with Gasteiger partial charge in [0.2, 0.25) is 0 Å². The summed E-state index contributed by atoms with van der Waals surface area (Å²) in [5, 5.41) is 0. The van der Waals surface area contributed by atoms with Gasteiger partial charge in [-0.25, -0.2) is 8.78 Å². The second-order valence-corrected chi connectivity index (χ2v) is 4.28. The number of hydrogen-bond donors (Lipinski definition) is 1. The van der Waals surface area contributed by atoms with Gasteiger partial charge >= 0.3 is 5.97 Å². The molecule has 2 aromatic carbocycles. The van der Waals surface area contributed by atoms with E-state index in [9.17, 15) is 13.6 Å². The Hall–Kier alpha value is -2.43. The molecule has 0 aliphatic heterocycles. The minimum atomic E-state index is -0.731. The van der Waals surface area contributed by atoms with Crippen molar-refractivity contribution in [3.05, 3.63) is 65.2 Å². The lowest BCUT2D eigenvalue weighted by molar-refractivity contribution is -0.144. The summed E-state index contributed by atoms with van der Waals surface area (Å²) in [6, 6.07) is 10.2. The first-order chi connectivity index (χ1) is 9.56. The van der Waals surface area contributed by atoms with Crippen LogP contribution in [0.4, 0.5) is 14.5 Å². The van der Waals surface area contributed by atoms with Crippen LogP contribution in [0.25, 0.3) is 0 Å². The third kappa shape index (κ3) is 3.54. The fourth-order valence-electron chi connectivity index (χ4n) is 1.68. The summed E-state index contributed by atoms with van der Waals surface area (Å²) in [6.45, 7) is -0.424. The van der Waals surface area contributed by atoms with Crippen LogP contribution in [0.1, 0.15) is 11.1 Å². The van der Waals surface area contributed by atoms with E-state index >= 15 is 0 Å². The molecular formula is C15H13F2NO2. The quantitative estimate of drug-likeness (QED) is 0.690. The molecule has 2 N–H and O–H groups in total. The number of hydrogen-bond acceptors (Lipinski definition) is 3. The van der Waals surface area contributed by atoms with Crippen molar-refractivity contribution in [1.29, 1.82) is 0 Å². The van der Waals surface area contributed by atoms with Crippen molar-refractivity contribution in [2.24, 2.45) is 0 Å². The van der Waals surface area contributed by atoms with E-state index in [1.54, 1.807) is 24.3 Å². The summed E-state index contributed by atoms with van der Waals surface area (Å²) < 4.78 is 31.5. The van der Waals surface area contributed by atoms with Crippen molar-refractivity contribution in [1.82, 2.24) is 0 Å². The van der Waals surface area contributed by atoms with Crippen LogP contribution in [0.15, 0.2) is 42.5 Å². The molecule has 104 valence electrons. The lowest BCUT2D eigenvalue weighted by Gasteiger charge is -2.07. The first-order valence-corrected chi connectivity index (χ1v) is 5.99. The SMILES string of the molecule is Nc1ccc(CC(=O)OCc2c(F)cccc2F)cc1. The second kappa shape index (κ2) is 6.14. The zero-order valence-corrected chi connectivity index (χ0v) is 10.6. The molecule has 0 spiro atoms. The molecule has 2 rings (SSSR count). The molecule has 20 heavy (non-hydrogen) atoms. The lowest BCUT2D eigenvalue weighted by atomic mass is 10.1. The van der Waals surface area contributed by atoms with Gasteiger partial charge in [0.15, 0.2) is 0 Å². The van der Waals surface area contributed by atoms with Gasteiger partial charge in [0.05, 0.1) is 12.0 Å². The summed E-state index contributed by atoms with van der Waals surface area (Å²) in [4.78, 5) is 11.6. The molecule has 0 heterocycles. The largest absolute Gasteiger partial charge is 0.460 e. The van der Waals surface area contributed by atoms with Gasteiger partial charge in [0, 0.05) is 5.69 Å². The number of halogens is 2. The highest BCUT2D eigenvalue weighted by Crippen LogP contribution is 2.14. The summed E-state index contributed by atoms with van der Waals surface area (Å²) in [6.07, 6.45) is 0.0242. The fraction of sp³-hybridized carbons (Fsp3) is 0.133. The minimum Gasteiger partial charge on any atom is -0.460 e. The van der Waals surface area contributed by atoms with Gasteiger partial charge in [-0.1, -0.05) is 18.2 Å². The molecule has 0 saturated carbocycles. The molecule has 0 fully saturated rings. The summed E-state index contributed by atoms with van der Waals surface area (Å²) >= 11 is 0. The summed E-state index contributed by atoms with van der Waals surface area (Å²) in [5.41, 5.74) is 6.59. The monoisotopic (exact) mass is 277 g/mol. The van der Waals surface area contributed by atoms with Crippen molar-refractivity contribution in [2.75, 3.05) is 5.73 Å². The van der Waals surface area contributed by atoms with Crippen LogP contribution >= 0.6 is 0 Å². The normalized spacial score (nSPS) is 10.3. The number of carbonyl (C=O) groups excluding carboxylic acids is 1. The molecule has 0 atom stereocenters. The fourth-order valence-corrected chi connectivity index (χ4v) is 1.68. The highest BCUT2D eigenvalue weighted by Gasteiger charge is 2.11. The van der Waals surface area contributed by atoms with E-state index in [1.807, 2.05) is 0 Å². The Bertz CT molecular complexity index is 592. The van der Waals surface area contributed by atoms with Gasteiger partial charge in [-0.3, -0.25) is 4.79 Å². The average Bonchev–Trinajstić information content (AvgIpc) is 2.41. The number of esters is 1. The van der Waals surface area contributed by atoms with Gasteiger partial charge in [-0.15, -0.1) is 0 Å². The highest BCUT2D eigenvalue weighted by molar-refractivity contribution is 5.72. The van der Waals surface area contributed by atoms with Gasteiger partial charge < -0.3 is 10.5 Å². The maximum Gasteiger partial charge on any atom is 0.310 e. The zero-order valence-electron chi connectivity index (χ0n) is 10.6. The van der Waals surface area contributed by atoms with Gasteiger partial charge in [-0.05, 0) is 29.8 Å². The number of ether oxygens (including phenoxy) is 1. The van der Waals surface area contributed by atoms with Crippen LogP contribution in [-0.4, -0.2) is 5.97 Å². The Labute approximate surface area is 115 Å². The molecular weight excluding hydrogens is 264 g/mol. The van der Waals surface area contributed by atoms with Crippen molar-refractivity contribution >= 4 is 11.7 Å². The van der Waals surface area contributed by atoms with Crippen LogP contribution in [0.5, 0.6) is 0 Å². The topological polar surface area (TPSA) is 52.3 Å². The molecule has 0 radical (unpaired) electrons. The third-order valence-electron chi connectivity index (χ3n) is 2.77. The van der Waals surface area contributed by atoms with Gasteiger partial charge in [-0.2, -0.15) is 0 Å². The number of rotatable bonds is 4. The Kier molecular flexibility index (Phi) is 4.30. The van der Waals surface area contributed by atoms with Crippen molar-refractivity contribution < 1.29 is 18.3 Å². The van der Waals surface area contributed by atoms with Gasteiger partial charge in [0.25, 0.3) is 0 Å². The van der Waals surface area contributed by atoms with E-state index in [1.165, 1.54) is 6.07 Å². The maximum atomic E-state index is 13.3. The standard InChI is InChI=1S/C15H13F2NO2/c16-13-2-1-3-14(17)12(13)9-20-15(19)8-10-4-6-11(18)7-5-10/h1-7H,8-9,18H2. The summed E-state index contributed by atoms with van der Waals surface area (Å²) in [7, 11) is 0. The Morgan fingerprint density at radius 3 is 2.25 bits per heavy atom. The van der Waals surface area contributed by atoms with Gasteiger partial charge in [0.1, 0.15) is 18.2 Å². The maximum absolute atomic E-state index is 13.3. The van der Waals surface area contributed by atoms with E-state index in [4.69, 9.17) is 10.5 Å². The van der Waals surface area contributed by atoms with Crippen LogP contribution in [0.3, 0.4) is 0 Å². The van der Waals surface area contributed by atoms with E-state index in [0.717, 1.165) is 17.7 Å². The van der Waals surface area contributed by atoms with E-state index in [-0.39, 0.29) is 12.0 Å². The van der Waals surface area contributed by atoms with Crippen molar-refractivity contribution in [2.45, 2.75) is 13.0 Å². The number of carbonyl (C=O) groups is 1. The molecule has 3 nitrogen and oxygen atoms in total. The predicted octanol–water partition coefficient (Wildman–Crippen LogP) is 2.83. The van der Waals surface area contributed by atoms with E-state index < -0.39 is 24.2 Å². The predicted molar refractivity (Wildman–Crippen MR) is 70.7 cm³/mol. The van der Waals surface area contributed by atoms with E-state index in [0.29, 0.717) is 5.69 Å². The minimum absolute atomic E-state index is 0.0242. The highest BCUT2D eigenvalue weighted by atomic mass is 19.1. The summed E-state index contributed by atoms with van der Waals surface area (Å²) in [5.74, 6) is -2.02. The van der Waals surface area contributed by atoms with Crippen LogP contribution in [0.2, 0.25) is 0 Å². The Balaban J connectivity index is 1.94. The van der Waals surface area contributed by atoms with E-state index in [2.05, 4.69) is 0 Å². The molecule has 0 aliphatic carbocycles. The smallest absolute Gasteiger partial charge is 0.310 e. The van der Waals surface area contributed by atoms with Crippen LogP contribution < -0.4 is 5.73 Å². The Morgan fingerprint density at radius 1 is 1.05 bits per heavy atom. The first-order valence-electron chi connectivity index (χ1n) is 5.99. The second-order valence-electron chi connectivity index (χ2n) is 4.28. The molecule has 0 aromatic heterocycles. The lowest BCUT2D eigenvalue weighted by Crippen LogP contribution is -2.09. The van der Waals surface area contributed by atoms with Crippen LogP contribution in [0, 0.1) is 11.6 Å². The molecule has 0 aliphatic rings. The molecule has 0 unspecified atom stereocenters. The third-order valence-corrected chi connectivity index (χ3v) is 2.77. The number of anilines is 1. The Morgan fingerprint density at radius 2 is 1.65 bits per heavy atom. The zero-order chi connectivity index (χ0) is 14.5. The number of benzene rings is 2. The molecule has 0 bridgehead atoms. The molecule has 2 aromatic rings.